The molecule has 0 atom stereocenters. The van der Waals surface area contributed by atoms with Crippen LogP contribution >= 0.6 is 27.7 Å². The first-order chi connectivity index (χ1) is 8.66. The van der Waals surface area contributed by atoms with E-state index in [1.807, 2.05) is 0 Å². The first-order valence-electron chi connectivity index (χ1n) is 4.76. The number of nitrogens with one attached hydrogen (secondary N) is 1. The lowest BCUT2D eigenvalue weighted by Gasteiger charge is -2.02. The highest BCUT2D eigenvalue weighted by Gasteiger charge is 2.12. The Morgan fingerprint density at radius 2 is 2.11 bits per heavy atom. The Balaban J connectivity index is 2.38. The number of H-pyrrole nitrogens is 1. The first-order valence-corrected chi connectivity index (χ1v) is 6.28. The molecule has 1 N–H and O–H groups in total. The van der Waals surface area contributed by atoms with Gasteiger partial charge in [0.25, 0.3) is 5.56 Å². The summed E-state index contributed by atoms with van der Waals surface area (Å²) in [5, 5.41) is 0. The van der Waals surface area contributed by atoms with Crippen LogP contribution < -0.4 is 11.2 Å². The van der Waals surface area contributed by atoms with Crippen LogP contribution in [0.5, 0.6) is 0 Å². The molecular formula is C9H4BrN5O2S. The van der Waals surface area contributed by atoms with Crippen LogP contribution in [-0.2, 0) is 0 Å². The van der Waals surface area contributed by atoms with Crippen molar-refractivity contribution >= 4 is 38.8 Å². The van der Waals surface area contributed by atoms with E-state index in [4.69, 9.17) is 0 Å². The normalized spacial score (nSPS) is 10.9. The summed E-state index contributed by atoms with van der Waals surface area (Å²) >= 11 is 4.06. The minimum atomic E-state index is -0.565. The SMILES string of the molecule is O=c1[nH]c2nsnc2c(=O)n1-c1ccc(Br)nc1. The number of aromatic amines is 1. The predicted molar refractivity (Wildman–Crippen MR) is 69.1 cm³/mol. The third-order valence-corrected chi connectivity index (χ3v) is 3.29. The fourth-order valence-corrected chi connectivity index (χ4v) is 2.24. The van der Waals surface area contributed by atoms with Gasteiger partial charge in [-0.05, 0) is 28.1 Å². The van der Waals surface area contributed by atoms with E-state index in [9.17, 15) is 9.59 Å². The van der Waals surface area contributed by atoms with Crippen LogP contribution in [0.25, 0.3) is 16.9 Å². The Morgan fingerprint density at radius 3 is 2.83 bits per heavy atom. The van der Waals surface area contributed by atoms with Gasteiger partial charge in [0.05, 0.1) is 23.6 Å². The van der Waals surface area contributed by atoms with Gasteiger partial charge in [-0.3, -0.25) is 9.78 Å². The highest BCUT2D eigenvalue weighted by Crippen LogP contribution is 2.08. The number of fused-ring (bicyclic) bond motifs is 1. The third-order valence-electron chi connectivity index (χ3n) is 2.29. The molecule has 0 bridgehead atoms. The predicted octanol–water partition coefficient (Wildman–Crippen LogP) is 0.688. The van der Waals surface area contributed by atoms with E-state index in [0.717, 1.165) is 16.3 Å². The maximum atomic E-state index is 12.1. The van der Waals surface area contributed by atoms with E-state index < -0.39 is 11.2 Å². The molecule has 7 nitrogen and oxygen atoms in total. The Morgan fingerprint density at radius 1 is 1.28 bits per heavy atom. The average Bonchev–Trinajstić information content (AvgIpc) is 2.80. The molecule has 90 valence electrons. The number of nitrogens with zero attached hydrogens (tertiary/aromatic N) is 4. The lowest BCUT2D eigenvalue weighted by Crippen LogP contribution is -2.33. The molecule has 0 saturated carbocycles. The van der Waals surface area contributed by atoms with Crippen molar-refractivity contribution in [3.05, 3.63) is 43.8 Å². The zero-order valence-corrected chi connectivity index (χ0v) is 11.0. The fourth-order valence-electron chi connectivity index (χ4n) is 1.50. The Kier molecular flexibility index (Phi) is 2.56. The fraction of sp³-hybridized carbons (Fsp3) is 0. The maximum Gasteiger partial charge on any atom is 0.334 e. The van der Waals surface area contributed by atoms with Gasteiger partial charge in [-0.15, -0.1) is 0 Å². The van der Waals surface area contributed by atoms with Crippen molar-refractivity contribution in [2.45, 2.75) is 0 Å². The van der Waals surface area contributed by atoms with Crippen molar-refractivity contribution in [1.82, 2.24) is 23.3 Å². The lowest BCUT2D eigenvalue weighted by atomic mass is 10.4. The molecule has 0 aliphatic heterocycles. The van der Waals surface area contributed by atoms with E-state index in [1.165, 1.54) is 6.20 Å². The quantitative estimate of drug-likeness (QED) is 0.664. The van der Waals surface area contributed by atoms with Crippen molar-refractivity contribution < 1.29 is 0 Å². The zero-order valence-electron chi connectivity index (χ0n) is 8.62. The molecule has 9 heteroatoms. The van der Waals surface area contributed by atoms with Gasteiger partial charge >= 0.3 is 5.69 Å². The second-order valence-corrected chi connectivity index (χ2v) is 4.71. The van der Waals surface area contributed by atoms with Crippen LogP contribution in [0.1, 0.15) is 0 Å². The van der Waals surface area contributed by atoms with Crippen molar-refractivity contribution in [2.24, 2.45) is 0 Å². The van der Waals surface area contributed by atoms with Gasteiger partial charge in [0.15, 0.2) is 11.2 Å². The van der Waals surface area contributed by atoms with E-state index in [2.05, 4.69) is 34.6 Å². The topological polar surface area (TPSA) is 93.5 Å². The van der Waals surface area contributed by atoms with Crippen LogP contribution in [0.2, 0.25) is 0 Å². The molecule has 0 saturated heterocycles. The van der Waals surface area contributed by atoms with Crippen LogP contribution in [0.4, 0.5) is 0 Å². The van der Waals surface area contributed by atoms with E-state index in [-0.39, 0.29) is 11.2 Å². The number of hydrogen-bond acceptors (Lipinski definition) is 6. The van der Waals surface area contributed by atoms with Crippen LogP contribution in [0, 0.1) is 0 Å². The van der Waals surface area contributed by atoms with Gasteiger partial charge in [0.2, 0.25) is 0 Å². The van der Waals surface area contributed by atoms with E-state index in [0.29, 0.717) is 10.3 Å². The molecule has 0 aliphatic rings. The molecule has 0 aromatic carbocycles. The summed E-state index contributed by atoms with van der Waals surface area (Å²) in [6.07, 6.45) is 1.42. The van der Waals surface area contributed by atoms with Crippen molar-refractivity contribution in [1.29, 1.82) is 0 Å². The molecule has 0 amide bonds. The number of aromatic nitrogens is 5. The van der Waals surface area contributed by atoms with Gasteiger partial charge in [0, 0.05) is 0 Å². The van der Waals surface area contributed by atoms with Crippen molar-refractivity contribution in [3.63, 3.8) is 0 Å². The highest BCUT2D eigenvalue weighted by molar-refractivity contribution is 9.10. The molecule has 3 heterocycles. The summed E-state index contributed by atoms with van der Waals surface area (Å²) in [5.74, 6) is 0. The van der Waals surface area contributed by atoms with Gasteiger partial charge in [-0.25, -0.2) is 14.3 Å². The van der Waals surface area contributed by atoms with Crippen LogP contribution in [0.15, 0.2) is 32.5 Å². The third kappa shape index (κ3) is 1.68. The van der Waals surface area contributed by atoms with Crippen LogP contribution in [0.3, 0.4) is 0 Å². The van der Waals surface area contributed by atoms with Crippen molar-refractivity contribution in [3.8, 4) is 5.69 Å². The molecule has 3 aromatic heterocycles. The summed E-state index contributed by atoms with van der Waals surface area (Å²) in [7, 11) is 0. The Hall–Kier alpha value is -1.87. The Bertz CT molecular complexity index is 835. The molecular weight excluding hydrogens is 322 g/mol. The molecule has 0 spiro atoms. The van der Waals surface area contributed by atoms with Gasteiger partial charge in [-0.2, -0.15) is 8.75 Å². The monoisotopic (exact) mass is 325 g/mol. The summed E-state index contributed by atoms with van der Waals surface area (Å²) < 4.78 is 9.28. The second kappa shape index (κ2) is 4.10. The van der Waals surface area contributed by atoms with Crippen LogP contribution in [-0.4, -0.2) is 23.3 Å². The van der Waals surface area contributed by atoms with Gasteiger partial charge in [0.1, 0.15) is 4.60 Å². The zero-order chi connectivity index (χ0) is 12.7. The van der Waals surface area contributed by atoms with Crippen molar-refractivity contribution in [2.75, 3.05) is 0 Å². The molecule has 0 radical (unpaired) electrons. The molecule has 0 unspecified atom stereocenters. The number of hydrogen-bond donors (Lipinski definition) is 1. The molecule has 18 heavy (non-hydrogen) atoms. The van der Waals surface area contributed by atoms with Gasteiger partial charge < -0.3 is 0 Å². The minimum Gasteiger partial charge on any atom is -0.289 e. The number of pyridine rings is 1. The van der Waals surface area contributed by atoms with E-state index in [1.54, 1.807) is 12.1 Å². The molecule has 0 fully saturated rings. The molecule has 3 rings (SSSR count). The first kappa shape index (κ1) is 11.2. The molecule has 3 aromatic rings. The minimum absolute atomic E-state index is 0.141. The molecule has 0 aliphatic carbocycles. The highest BCUT2D eigenvalue weighted by atomic mass is 79.9. The average molecular weight is 326 g/mol. The van der Waals surface area contributed by atoms with Gasteiger partial charge in [-0.1, -0.05) is 0 Å². The second-order valence-electron chi connectivity index (χ2n) is 3.37. The standard InChI is InChI=1S/C9H4BrN5O2S/c10-5-2-1-4(3-11-5)15-8(16)6-7(12-9(15)17)14-18-13-6/h1-3H,(H,12,14,17). The number of halogens is 1. The summed E-state index contributed by atoms with van der Waals surface area (Å²) in [5.41, 5.74) is -0.353. The summed E-state index contributed by atoms with van der Waals surface area (Å²) in [6, 6.07) is 3.25. The number of rotatable bonds is 1. The summed E-state index contributed by atoms with van der Waals surface area (Å²) in [4.78, 5) is 30.4. The summed E-state index contributed by atoms with van der Waals surface area (Å²) in [6.45, 7) is 0. The largest absolute Gasteiger partial charge is 0.334 e. The smallest absolute Gasteiger partial charge is 0.289 e. The maximum absolute atomic E-state index is 12.1. The Labute approximate surface area is 112 Å². The lowest BCUT2D eigenvalue weighted by molar-refractivity contribution is 0.888. The van der Waals surface area contributed by atoms with E-state index >= 15 is 0 Å².